The Bertz CT molecular complexity index is 850. The predicted molar refractivity (Wildman–Crippen MR) is 95.1 cm³/mol. The average Bonchev–Trinajstić information content (AvgIpc) is 3.24. The second kappa shape index (κ2) is 6.05. The monoisotopic (exact) mass is 338 g/mol. The fourth-order valence-corrected chi connectivity index (χ4v) is 3.44. The molecule has 24 heavy (non-hydrogen) atoms. The summed E-state index contributed by atoms with van der Waals surface area (Å²) in [6, 6.07) is 15.9. The van der Waals surface area contributed by atoms with Crippen molar-refractivity contribution in [2.45, 2.75) is 12.1 Å². The Kier molecular flexibility index (Phi) is 3.74. The number of aromatic nitrogens is 2. The Balaban J connectivity index is 1.84. The van der Waals surface area contributed by atoms with Gasteiger partial charge in [0, 0.05) is 18.1 Å². The van der Waals surface area contributed by atoms with E-state index in [1.165, 1.54) is 6.07 Å². The Morgan fingerprint density at radius 2 is 1.88 bits per heavy atom. The number of thiocarbonyl (C=S) groups is 1. The predicted octanol–water partition coefficient (Wildman–Crippen LogP) is 3.73. The van der Waals surface area contributed by atoms with Crippen LogP contribution in [0.25, 0.3) is 0 Å². The summed E-state index contributed by atoms with van der Waals surface area (Å²) in [6.07, 6.45) is 3.60. The lowest BCUT2D eigenvalue weighted by Crippen LogP contribution is -2.30. The van der Waals surface area contributed by atoms with Crippen LogP contribution in [0.4, 0.5) is 10.1 Å². The number of anilines is 1. The molecule has 2 atom stereocenters. The molecule has 0 saturated carbocycles. The highest BCUT2D eigenvalue weighted by Crippen LogP contribution is 2.41. The summed E-state index contributed by atoms with van der Waals surface area (Å²) in [6.45, 7) is 0. The van der Waals surface area contributed by atoms with Crippen LogP contribution >= 0.6 is 12.2 Å². The summed E-state index contributed by atoms with van der Waals surface area (Å²) >= 11 is 5.52. The minimum atomic E-state index is -0.306. The fraction of sp³-hybridized carbons (Fsp3) is 0.111. The van der Waals surface area contributed by atoms with E-state index >= 15 is 0 Å². The molecule has 3 aromatic rings. The minimum Gasteiger partial charge on any atom is -0.363 e. The van der Waals surface area contributed by atoms with Gasteiger partial charge in [-0.2, -0.15) is 0 Å². The highest BCUT2D eigenvalue weighted by atomic mass is 32.1. The molecule has 3 heterocycles. The number of H-pyrrole nitrogens is 1. The van der Waals surface area contributed by atoms with Gasteiger partial charge in [0.2, 0.25) is 0 Å². The number of halogens is 1. The number of hydrogen-bond acceptors (Lipinski definition) is 2. The van der Waals surface area contributed by atoms with Crippen molar-refractivity contribution < 1.29 is 4.39 Å². The van der Waals surface area contributed by atoms with Gasteiger partial charge in [0.1, 0.15) is 11.9 Å². The molecular weight excluding hydrogens is 323 g/mol. The van der Waals surface area contributed by atoms with Crippen molar-refractivity contribution in [3.8, 4) is 0 Å². The topological polar surface area (TPSA) is 44.0 Å². The molecule has 6 heteroatoms. The van der Waals surface area contributed by atoms with E-state index in [1.807, 2.05) is 41.4 Å². The van der Waals surface area contributed by atoms with E-state index in [0.29, 0.717) is 10.8 Å². The zero-order valence-corrected chi connectivity index (χ0v) is 13.5. The number of pyridine rings is 1. The number of para-hydroxylation sites is 1. The number of rotatable bonds is 3. The Morgan fingerprint density at radius 1 is 1.04 bits per heavy atom. The molecule has 2 aromatic heterocycles. The maximum absolute atomic E-state index is 14.4. The molecule has 1 aliphatic heterocycles. The lowest BCUT2D eigenvalue weighted by atomic mass is 10.0. The number of aromatic amines is 1. The molecule has 0 amide bonds. The van der Waals surface area contributed by atoms with E-state index in [9.17, 15) is 4.39 Å². The molecule has 4 nitrogen and oxygen atoms in total. The van der Waals surface area contributed by atoms with Crippen LogP contribution in [-0.2, 0) is 0 Å². The number of nitrogens with one attached hydrogen (secondary N) is 2. The summed E-state index contributed by atoms with van der Waals surface area (Å²) < 4.78 is 14.4. The van der Waals surface area contributed by atoms with Gasteiger partial charge in [0.25, 0.3) is 0 Å². The highest BCUT2D eigenvalue weighted by molar-refractivity contribution is 7.80. The van der Waals surface area contributed by atoms with Crippen LogP contribution in [0, 0.1) is 5.82 Å². The average molecular weight is 338 g/mol. The first kappa shape index (κ1) is 14.8. The zero-order valence-electron chi connectivity index (χ0n) is 12.7. The van der Waals surface area contributed by atoms with Gasteiger partial charge in [-0.1, -0.05) is 18.2 Å². The van der Waals surface area contributed by atoms with Gasteiger partial charge in [-0.15, -0.1) is 0 Å². The fourth-order valence-electron chi connectivity index (χ4n) is 3.11. The van der Waals surface area contributed by atoms with Crippen LogP contribution in [0.5, 0.6) is 0 Å². The third kappa shape index (κ3) is 2.45. The number of nitrogens with zero attached hydrogens (tertiary/aromatic N) is 2. The largest absolute Gasteiger partial charge is 0.363 e. The Hall–Kier alpha value is -2.73. The molecule has 0 unspecified atom stereocenters. The number of benzene rings is 1. The zero-order chi connectivity index (χ0) is 16.5. The highest BCUT2D eigenvalue weighted by Gasteiger charge is 2.41. The first-order chi connectivity index (χ1) is 11.8. The van der Waals surface area contributed by atoms with Crippen LogP contribution in [0.3, 0.4) is 0 Å². The molecule has 0 bridgehead atoms. The van der Waals surface area contributed by atoms with Crippen LogP contribution in [-0.4, -0.2) is 15.1 Å². The second-order valence-corrected chi connectivity index (χ2v) is 5.96. The van der Waals surface area contributed by atoms with E-state index in [-0.39, 0.29) is 17.9 Å². The molecule has 4 rings (SSSR count). The van der Waals surface area contributed by atoms with Crippen LogP contribution < -0.4 is 10.2 Å². The van der Waals surface area contributed by atoms with Crippen molar-refractivity contribution in [1.29, 1.82) is 0 Å². The van der Waals surface area contributed by atoms with E-state index in [0.717, 1.165) is 11.4 Å². The maximum Gasteiger partial charge on any atom is 0.174 e. The van der Waals surface area contributed by atoms with Crippen molar-refractivity contribution in [1.82, 2.24) is 15.3 Å². The quantitative estimate of drug-likeness (QED) is 0.714. The first-order valence-electron chi connectivity index (χ1n) is 7.64. The van der Waals surface area contributed by atoms with E-state index in [1.54, 1.807) is 24.4 Å². The molecule has 1 fully saturated rings. The normalized spacial score (nSPS) is 20.2. The standard InChI is InChI=1S/C18H15FN4S/c19-12-6-1-2-9-15(12)23-17(14-8-5-11-21-14)16(22-18(23)24)13-7-3-4-10-20-13/h1-11,16-17,21H,(H,22,24)/t16-,17-/m0/s1. The van der Waals surface area contributed by atoms with Crippen LogP contribution in [0.15, 0.2) is 67.0 Å². The van der Waals surface area contributed by atoms with Crippen LogP contribution in [0.2, 0.25) is 0 Å². The molecule has 1 aliphatic rings. The molecule has 0 aliphatic carbocycles. The molecule has 0 radical (unpaired) electrons. The lowest BCUT2D eigenvalue weighted by molar-refractivity contribution is 0.550. The Morgan fingerprint density at radius 3 is 2.58 bits per heavy atom. The van der Waals surface area contributed by atoms with Gasteiger partial charge in [-0.05, 0) is 48.6 Å². The molecule has 1 aromatic carbocycles. The van der Waals surface area contributed by atoms with Gasteiger partial charge in [-0.25, -0.2) is 4.39 Å². The van der Waals surface area contributed by atoms with Crippen molar-refractivity contribution in [3.63, 3.8) is 0 Å². The van der Waals surface area contributed by atoms with Gasteiger partial charge in [0.15, 0.2) is 5.11 Å². The summed E-state index contributed by atoms with van der Waals surface area (Å²) in [5, 5.41) is 3.77. The maximum atomic E-state index is 14.4. The lowest BCUT2D eigenvalue weighted by Gasteiger charge is -2.27. The van der Waals surface area contributed by atoms with E-state index in [2.05, 4.69) is 15.3 Å². The van der Waals surface area contributed by atoms with E-state index in [4.69, 9.17) is 12.2 Å². The van der Waals surface area contributed by atoms with E-state index < -0.39 is 0 Å². The molecular formula is C18H15FN4S. The third-order valence-corrected chi connectivity index (χ3v) is 4.47. The molecule has 2 N–H and O–H groups in total. The SMILES string of the molecule is Fc1ccccc1N1C(=S)N[C@@H](c2ccccn2)[C@@H]1c1ccc[nH]1. The van der Waals surface area contributed by atoms with Crippen LogP contribution in [0.1, 0.15) is 23.5 Å². The summed E-state index contributed by atoms with van der Waals surface area (Å²) in [5.41, 5.74) is 2.26. The van der Waals surface area contributed by atoms with Gasteiger partial charge in [0.05, 0.1) is 17.4 Å². The van der Waals surface area contributed by atoms with Gasteiger partial charge < -0.3 is 15.2 Å². The number of hydrogen-bond donors (Lipinski definition) is 2. The van der Waals surface area contributed by atoms with Gasteiger partial charge >= 0.3 is 0 Å². The van der Waals surface area contributed by atoms with Crippen molar-refractivity contribution in [3.05, 3.63) is 84.2 Å². The second-order valence-electron chi connectivity index (χ2n) is 5.57. The molecule has 1 saturated heterocycles. The Labute approximate surface area is 144 Å². The van der Waals surface area contributed by atoms with Gasteiger partial charge in [-0.3, -0.25) is 4.98 Å². The molecule has 120 valence electrons. The van der Waals surface area contributed by atoms with Crippen molar-refractivity contribution in [2.75, 3.05) is 4.90 Å². The smallest absolute Gasteiger partial charge is 0.174 e. The first-order valence-corrected chi connectivity index (χ1v) is 8.05. The summed E-state index contributed by atoms with van der Waals surface area (Å²) in [7, 11) is 0. The molecule has 0 spiro atoms. The van der Waals surface area contributed by atoms with Crippen molar-refractivity contribution in [2.24, 2.45) is 0 Å². The summed E-state index contributed by atoms with van der Waals surface area (Å²) in [5.74, 6) is -0.306. The summed E-state index contributed by atoms with van der Waals surface area (Å²) in [4.78, 5) is 9.49. The third-order valence-electron chi connectivity index (χ3n) is 4.15. The minimum absolute atomic E-state index is 0.169. The van der Waals surface area contributed by atoms with Crippen molar-refractivity contribution >= 4 is 23.0 Å².